The summed E-state index contributed by atoms with van der Waals surface area (Å²) < 4.78 is 0. The van der Waals surface area contributed by atoms with Crippen molar-refractivity contribution in [2.24, 2.45) is 11.5 Å². The van der Waals surface area contributed by atoms with E-state index in [4.69, 9.17) is 5.73 Å². The first-order chi connectivity index (χ1) is 3.15. The van der Waals surface area contributed by atoms with Crippen molar-refractivity contribution in [2.45, 2.75) is 13.8 Å². The Labute approximate surface area is 55.8 Å². The van der Waals surface area contributed by atoms with Gasteiger partial charge in [0.2, 0.25) is 5.91 Å². The second-order valence-corrected chi connectivity index (χ2v) is 1.02. The van der Waals surface area contributed by atoms with E-state index < -0.39 is 0 Å². The summed E-state index contributed by atoms with van der Waals surface area (Å²) in [6, 6.07) is 0. The molecule has 0 unspecified atom stereocenters. The summed E-state index contributed by atoms with van der Waals surface area (Å²) in [4.78, 5) is 9.22. The van der Waals surface area contributed by atoms with E-state index in [9.17, 15) is 4.79 Å². The highest BCUT2D eigenvalue weighted by molar-refractivity contribution is 5.85. The minimum absolute atomic E-state index is 0. The van der Waals surface area contributed by atoms with Crippen molar-refractivity contribution in [3.63, 3.8) is 0 Å². The lowest BCUT2D eigenvalue weighted by Crippen LogP contribution is -2.01. The van der Waals surface area contributed by atoms with Crippen molar-refractivity contribution in [1.29, 1.82) is 0 Å². The molecule has 52 valence electrons. The van der Waals surface area contributed by atoms with Gasteiger partial charge < -0.3 is 11.5 Å². The van der Waals surface area contributed by atoms with Crippen LogP contribution in [-0.4, -0.2) is 12.5 Å². The van der Waals surface area contributed by atoms with E-state index >= 15 is 0 Å². The molecule has 3 nitrogen and oxygen atoms in total. The van der Waals surface area contributed by atoms with E-state index in [-0.39, 0.29) is 18.3 Å². The standard InChI is InChI=1S/C2H5NO.C2H7N.ClH/c1-2(3)4;1-2-3;/h1H3,(H2,3,4);2-3H2,1H3;1H. The highest BCUT2D eigenvalue weighted by Crippen LogP contribution is 1.33. The summed E-state index contributed by atoms with van der Waals surface area (Å²) in [6.45, 7) is 3.96. The molecule has 0 bridgehead atoms. The minimum atomic E-state index is -0.333. The van der Waals surface area contributed by atoms with Crippen LogP contribution in [0, 0.1) is 0 Å². The van der Waals surface area contributed by atoms with Crippen LogP contribution >= 0.6 is 12.4 Å². The molecule has 8 heavy (non-hydrogen) atoms. The number of nitrogens with two attached hydrogens (primary N) is 2. The monoisotopic (exact) mass is 140 g/mol. The first kappa shape index (κ1) is 15.6. The Morgan fingerprint density at radius 1 is 1.62 bits per heavy atom. The van der Waals surface area contributed by atoms with Gasteiger partial charge in [0.1, 0.15) is 0 Å². The molecule has 0 saturated carbocycles. The largest absolute Gasteiger partial charge is 0.370 e. The van der Waals surface area contributed by atoms with E-state index in [1.165, 1.54) is 6.92 Å². The van der Waals surface area contributed by atoms with Gasteiger partial charge in [-0.15, -0.1) is 12.4 Å². The summed E-state index contributed by atoms with van der Waals surface area (Å²) in [5, 5.41) is 0. The average molecular weight is 141 g/mol. The van der Waals surface area contributed by atoms with Gasteiger partial charge >= 0.3 is 0 Å². The molecule has 0 aliphatic carbocycles. The fourth-order valence-electron chi connectivity index (χ4n) is 0. The normalized spacial score (nSPS) is 5.38. The van der Waals surface area contributed by atoms with E-state index in [1.54, 1.807) is 0 Å². The summed E-state index contributed by atoms with van der Waals surface area (Å²) in [5.74, 6) is -0.333. The van der Waals surface area contributed by atoms with Gasteiger partial charge in [0.15, 0.2) is 0 Å². The maximum absolute atomic E-state index is 9.22. The molecule has 0 spiro atoms. The number of rotatable bonds is 0. The molecule has 0 saturated heterocycles. The third-order valence-electron chi connectivity index (χ3n) is 0. The summed E-state index contributed by atoms with van der Waals surface area (Å²) in [6.07, 6.45) is 0. The second kappa shape index (κ2) is 15.9. The molecule has 0 aliphatic rings. The van der Waals surface area contributed by atoms with Crippen LogP contribution in [0.2, 0.25) is 0 Å². The zero-order valence-electron chi connectivity index (χ0n) is 5.18. The van der Waals surface area contributed by atoms with Gasteiger partial charge in [0.25, 0.3) is 0 Å². The molecule has 0 heterocycles. The second-order valence-electron chi connectivity index (χ2n) is 1.02. The van der Waals surface area contributed by atoms with Gasteiger partial charge in [-0.1, -0.05) is 6.92 Å². The van der Waals surface area contributed by atoms with Gasteiger partial charge in [0, 0.05) is 6.92 Å². The van der Waals surface area contributed by atoms with E-state index in [0.717, 1.165) is 6.54 Å². The van der Waals surface area contributed by atoms with Crippen LogP contribution < -0.4 is 11.5 Å². The van der Waals surface area contributed by atoms with Crippen molar-refractivity contribution >= 4 is 18.3 Å². The average Bonchev–Trinajstić information content (AvgIpc) is 1.33. The molecule has 4 N–H and O–H groups in total. The molecule has 0 fully saturated rings. The number of primary amides is 1. The van der Waals surface area contributed by atoms with Crippen LogP contribution in [0.25, 0.3) is 0 Å². The predicted octanol–water partition coefficient (Wildman–Crippen LogP) is -0.122. The zero-order chi connectivity index (χ0) is 6.28. The maximum atomic E-state index is 9.22. The van der Waals surface area contributed by atoms with Crippen LogP contribution in [-0.2, 0) is 4.79 Å². The van der Waals surface area contributed by atoms with E-state index in [1.807, 2.05) is 6.92 Å². The number of hydrogen-bond donors (Lipinski definition) is 2. The molecular formula is C4H13ClN2O. The quantitative estimate of drug-likeness (QED) is 0.493. The molecule has 0 aliphatic heterocycles. The smallest absolute Gasteiger partial charge is 0.214 e. The van der Waals surface area contributed by atoms with Crippen LogP contribution in [0.3, 0.4) is 0 Å². The highest BCUT2D eigenvalue weighted by Gasteiger charge is 1.61. The highest BCUT2D eigenvalue weighted by atomic mass is 35.5. The zero-order valence-corrected chi connectivity index (χ0v) is 5.99. The van der Waals surface area contributed by atoms with Crippen molar-refractivity contribution in [3.8, 4) is 0 Å². The Morgan fingerprint density at radius 3 is 1.62 bits per heavy atom. The molecule has 4 heteroatoms. The summed E-state index contributed by atoms with van der Waals surface area (Å²) in [5.41, 5.74) is 9.32. The lowest BCUT2D eigenvalue weighted by atomic mass is 10.8. The third kappa shape index (κ3) is 1630. The van der Waals surface area contributed by atoms with Crippen molar-refractivity contribution in [1.82, 2.24) is 0 Å². The van der Waals surface area contributed by atoms with Gasteiger partial charge in [-0.3, -0.25) is 4.79 Å². The molecule has 0 aromatic heterocycles. The lowest BCUT2D eigenvalue weighted by molar-refractivity contribution is -0.115. The number of carbonyl (C=O) groups is 1. The Hall–Kier alpha value is -0.280. The molecule has 0 rings (SSSR count). The number of amides is 1. The summed E-state index contributed by atoms with van der Waals surface area (Å²) >= 11 is 0. The van der Waals surface area contributed by atoms with Crippen LogP contribution in [0.1, 0.15) is 13.8 Å². The first-order valence-corrected chi connectivity index (χ1v) is 2.11. The van der Waals surface area contributed by atoms with E-state index in [0.29, 0.717) is 0 Å². The SMILES string of the molecule is CC(N)=O.CCN.Cl. The van der Waals surface area contributed by atoms with Crippen LogP contribution in [0.15, 0.2) is 0 Å². The first-order valence-electron chi connectivity index (χ1n) is 2.11. The third-order valence-corrected chi connectivity index (χ3v) is 0. The van der Waals surface area contributed by atoms with Crippen molar-refractivity contribution in [2.75, 3.05) is 6.54 Å². The Morgan fingerprint density at radius 2 is 1.62 bits per heavy atom. The fourth-order valence-corrected chi connectivity index (χ4v) is 0. The van der Waals surface area contributed by atoms with Gasteiger partial charge in [-0.25, -0.2) is 0 Å². The van der Waals surface area contributed by atoms with Gasteiger partial charge in [-0.05, 0) is 6.54 Å². The Bertz CT molecular complexity index is 45.3. The molecule has 0 radical (unpaired) electrons. The Balaban J connectivity index is -0.0000000575. The predicted molar refractivity (Wildman–Crippen MR) is 36.8 cm³/mol. The van der Waals surface area contributed by atoms with Crippen LogP contribution in [0.5, 0.6) is 0 Å². The number of halogens is 1. The topological polar surface area (TPSA) is 69.1 Å². The molecule has 0 atom stereocenters. The lowest BCUT2D eigenvalue weighted by Gasteiger charge is -1.60. The molecule has 0 aromatic rings. The fraction of sp³-hybridized carbons (Fsp3) is 0.750. The molecule has 0 aromatic carbocycles. The van der Waals surface area contributed by atoms with E-state index in [2.05, 4.69) is 5.73 Å². The molecular weight excluding hydrogens is 128 g/mol. The van der Waals surface area contributed by atoms with Gasteiger partial charge in [-0.2, -0.15) is 0 Å². The number of carbonyl (C=O) groups excluding carboxylic acids is 1. The Kier molecular flexibility index (Phi) is 31.1. The molecule has 1 amide bonds. The van der Waals surface area contributed by atoms with Crippen molar-refractivity contribution < 1.29 is 4.79 Å². The maximum Gasteiger partial charge on any atom is 0.214 e. The van der Waals surface area contributed by atoms with Crippen molar-refractivity contribution in [3.05, 3.63) is 0 Å². The van der Waals surface area contributed by atoms with Crippen LogP contribution in [0.4, 0.5) is 0 Å². The number of hydrogen-bond acceptors (Lipinski definition) is 2. The summed E-state index contributed by atoms with van der Waals surface area (Å²) in [7, 11) is 0. The minimum Gasteiger partial charge on any atom is -0.370 e. The van der Waals surface area contributed by atoms with Gasteiger partial charge in [0.05, 0.1) is 0 Å².